The van der Waals surface area contributed by atoms with Crippen LogP contribution >= 0.6 is 24.2 Å². The zero-order chi connectivity index (χ0) is 15.3. The third-order valence-corrected chi connectivity index (χ3v) is 5.50. The number of benzene rings is 1. The van der Waals surface area contributed by atoms with Gasteiger partial charge in [-0.3, -0.25) is 10.1 Å². The number of hydrogen-bond donors (Lipinski definition) is 3. The number of sulfonamides is 1. The Bertz CT molecular complexity index is 587. The van der Waals surface area contributed by atoms with Gasteiger partial charge in [0.1, 0.15) is 0 Å². The van der Waals surface area contributed by atoms with Crippen molar-refractivity contribution < 1.29 is 13.2 Å². The van der Waals surface area contributed by atoms with Crippen LogP contribution in [0.15, 0.2) is 29.2 Å². The van der Waals surface area contributed by atoms with Gasteiger partial charge in [-0.15, -0.1) is 24.2 Å². The topological polar surface area (TPSA) is 87.3 Å². The first-order valence-corrected chi connectivity index (χ1v) is 9.28. The first kappa shape index (κ1) is 19.2. The lowest BCUT2D eigenvalue weighted by atomic mass is 10.2. The summed E-state index contributed by atoms with van der Waals surface area (Å²) in [6, 6.07) is 6.45. The van der Waals surface area contributed by atoms with Gasteiger partial charge in [0.2, 0.25) is 15.9 Å². The SMILES string of the molecule is Cc1ccc(S(=O)(=O)NCCNC(=O)C2CSCN2)cc1.Cl. The van der Waals surface area contributed by atoms with Crippen LogP contribution in [0, 0.1) is 6.92 Å². The fourth-order valence-electron chi connectivity index (χ4n) is 1.86. The van der Waals surface area contributed by atoms with Crippen LogP contribution in [0.1, 0.15) is 5.56 Å². The molecule has 6 nitrogen and oxygen atoms in total. The van der Waals surface area contributed by atoms with Crippen molar-refractivity contribution in [3.8, 4) is 0 Å². The molecule has 2 rings (SSSR count). The van der Waals surface area contributed by atoms with Crippen molar-refractivity contribution in [1.29, 1.82) is 0 Å². The van der Waals surface area contributed by atoms with E-state index in [0.717, 1.165) is 17.2 Å². The van der Waals surface area contributed by atoms with E-state index in [1.54, 1.807) is 36.0 Å². The van der Waals surface area contributed by atoms with Crippen LogP contribution < -0.4 is 15.4 Å². The molecule has 22 heavy (non-hydrogen) atoms. The summed E-state index contributed by atoms with van der Waals surface area (Å²) in [5.74, 6) is 1.44. The second-order valence-corrected chi connectivity index (χ2v) is 7.57. The molecule has 1 aromatic carbocycles. The van der Waals surface area contributed by atoms with Gasteiger partial charge in [-0.1, -0.05) is 17.7 Å². The second kappa shape index (κ2) is 8.73. The van der Waals surface area contributed by atoms with E-state index < -0.39 is 10.0 Å². The smallest absolute Gasteiger partial charge is 0.240 e. The van der Waals surface area contributed by atoms with Gasteiger partial charge in [-0.05, 0) is 19.1 Å². The van der Waals surface area contributed by atoms with Gasteiger partial charge in [-0.2, -0.15) is 0 Å². The van der Waals surface area contributed by atoms with Crippen molar-refractivity contribution in [2.75, 3.05) is 24.7 Å². The maximum Gasteiger partial charge on any atom is 0.240 e. The molecular formula is C13H20ClN3O3S2. The zero-order valence-corrected chi connectivity index (χ0v) is 14.6. The zero-order valence-electron chi connectivity index (χ0n) is 12.2. The number of nitrogens with one attached hydrogen (secondary N) is 3. The van der Waals surface area contributed by atoms with Crippen LogP contribution in [0.3, 0.4) is 0 Å². The molecule has 1 atom stereocenters. The summed E-state index contributed by atoms with van der Waals surface area (Å²) in [5, 5.41) is 5.77. The Morgan fingerprint density at radius 3 is 2.59 bits per heavy atom. The van der Waals surface area contributed by atoms with Crippen molar-refractivity contribution in [3.05, 3.63) is 29.8 Å². The molecular weight excluding hydrogens is 346 g/mol. The number of thioether (sulfide) groups is 1. The quantitative estimate of drug-likeness (QED) is 0.638. The summed E-state index contributed by atoms with van der Waals surface area (Å²) in [7, 11) is -3.52. The van der Waals surface area contributed by atoms with E-state index in [0.29, 0.717) is 0 Å². The van der Waals surface area contributed by atoms with Gasteiger partial charge >= 0.3 is 0 Å². The molecule has 1 heterocycles. The minimum atomic E-state index is -3.52. The number of hydrogen-bond acceptors (Lipinski definition) is 5. The molecule has 0 saturated carbocycles. The Kier molecular flexibility index (Phi) is 7.64. The molecule has 1 aromatic rings. The summed E-state index contributed by atoms with van der Waals surface area (Å²) in [5.41, 5.74) is 1.00. The fourth-order valence-corrected chi connectivity index (χ4v) is 3.83. The highest BCUT2D eigenvalue weighted by Gasteiger charge is 2.22. The second-order valence-electron chi connectivity index (χ2n) is 4.77. The summed E-state index contributed by atoms with van der Waals surface area (Å²) in [6.07, 6.45) is 0. The molecule has 1 unspecified atom stereocenters. The fraction of sp³-hybridized carbons (Fsp3) is 0.462. The molecule has 1 amide bonds. The van der Waals surface area contributed by atoms with Crippen molar-refractivity contribution in [2.45, 2.75) is 17.9 Å². The monoisotopic (exact) mass is 365 g/mol. The van der Waals surface area contributed by atoms with Gasteiger partial charge in [0.05, 0.1) is 10.9 Å². The first-order valence-electron chi connectivity index (χ1n) is 6.64. The summed E-state index contributed by atoms with van der Waals surface area (Å²) in [6.45, 7) is 2.34. The number of amides is 1. The highest BCUT2D eigenvalue weighted by molar-refractivity contribution is 7.99. The molecule has 0 bridgehead atoms. The third-order valence-electron chi connectivity index (χ3n) is 3.08. The molecule has 1 fully saturated rings. The molecule has 124 valence electrons. The molecule has 9 heteroatoms. The predicted octanol–water partition coefficient (Wildman–Crippen LogP) is 0.474. The lowest BCUT2D eigenvalue weighted by Gasteiger charge is -2.11. The molecule has 0 aliphatic carbocycles. The molecule has 1 saturated heterocycles. The molecule has 3 N–H and O–H groups in total. The summed E-state index contributed by atoms with van der Waals surface area (Å²) >= 11 is 1.67. The van der Waals surface area contributed by atoms with E-state index in [9.17, 15) is 13.2 Å². The standard InChI is InChI=1S/C13H19N3O3S2.ClH/c1-10-2-4-11(5-3-10)21(18,19)16-7-6-14-13(17)12-8-20-9-15-12;/h2-5,12,15-16H,6-9H2,1H3,(H,14,17);1H. The van der Waals surface area contributed by atoms with E-state index in [2.05, 4.69) is 15.4 Å². The van der Waals surface area contributed by atoms with Crippen molar-refractivity contribution in [3.63, 3.8) is 0 Å². The third kappa shape index (κ3) is 5.44. The van der Waals surface area contributed by atoms with E-state index in [-0.39, 0.29) is 42.3 Å². The number of rotatable bonds is 6. The highest BCUT2D eigenvalue weighted by Crippen LogP contribution is 2.10. The Morgan fingerprint density at radius 2 is 2.00 bits per heavy atom. The average Bonchev–Trinajstić information content (AvgIpc) is 2.98. The van der Waals surface area contributed by atoms with Crippen LogP contribution in [-0.4, -0.2) is 45.1 Å². The Morgan fingerprint density at radius 1 is 1.32 bits per heavy atom. The molecule has 0 aromatic heterocycles. The van der Waals surface area contributed by atoms with Crippen LogP contribution in [0.5, 0.6) is 0 Å². The van der Waals surface area contributed by atoms with Gasteiger partial charge in [0.15, 0.2) is 0 Å². The predicted molar refractivity (Wildman–Crippen MR) is 90.9 cm³/mol. The molecule has 0 radical (unpaired) electrons. The summed E-state index contributed by atoms with van der Waals surface area (Å²) in [4.78, 5) is 11.9. The van der Waals surface area contributed by atoms with Crippen LogP contribution in [0.4, 0.5) is 0 Å². The van der Waals surface area contributed by atoms with Gasteiger partial charge in [0, 0.05) is 24.7 Å². The van der Waals surface area contributed by atoms with E-state index in [1.165, 1.54) is 0 Å². The van der Waals surface area contributed by atoms with Gasteiger partial charge in [-0.25, -0.2) is 13.1 Å². The van der Waals surface area contributed by atoms with Gasteiger partial charge < -0.3 is 5.32 Å². The molecule has 1 aliphatic heterocycles. The Labute approximate surface area is 141 Å². The number of carbonyl (C=O) groups excluding carboxylic acids is 1. The normalized spacial score (nSPS) is 17.8. The van der Waals surface area contributed by atoms with Crippen LogP contribution in [-0.2, 0) is 14.8 Å². The van der Waals surface area contributed by atoms with Gasteiger partial charge in [0.25, 0.3) is 0 Å². The number of halogens is 1. The van der Waals surface area contributed by atoms with Crippen LogP contribution in [0.25, 0.3) is 0 Å². The molecule has 0 spiro atoms. The molecule has 1 aliphatic rings. The highest BCUT2D eigenvalue weighted by atomic mass is 35.5. The van der Waals surface area contributed by atoms with Crippen molar-refractivity contribution >= 4 is 40.1 Å². The number of aryl methyl sites for hydroxylation is 1. The largest absolute Gasteiger partial charge is 0.353 e. The Hall–Kier alpha value is -0.800. The minimum absolute atomic E-state index is 0. The number of carbonyl (C=O) groups is 1. The van der Waals surface area contributed by atoms with E-state index in [4.69, 9.17) is 0 Å². The summed E-state index contributed by atoms with van der Waals surface area (Å²) < 4.78 is 26.5. The lowest BCUT2D eigenvalue weighted by molar-refractivity contribution is -0.122. The maximum atomic E-state index is 12.0. The minimum Gasteiger partial charge on any atom is -0.353 e. The van der Waals surface area contributed by atoms with Crippen LogP contribution in [0.2, 0.25) is 0 Å². The maximum absolute atomic E-state index is 12.0. The lowest BCUT2D eigenvalue weighted by Crippen LogP contribution is -2.44. The van der Waals surface area contributed by atoms with E-state index >= 15 is 0 Å². The Balaban J connectivity index is 0.00000242. The van der Waals surface area contributed by atoms with Crippen molar-refractivity contribution in [1.82, 2.24) is 15.4 Å². The average molecular weight is 366 g/mol. The van der Waals surface area contributed by atoms with E-state index in [1.807, 2.05) is 6.92 Å². The van der Waals surface area contributed by atoms with Crippen molar-refractivity contribution in [2.24, 2.45) is 0 Å². The first-order chi connectivity index (χ1) is 9.99.